The molecular weight excluding hydrogens is 1000 g/mol. The lowest BCUT2D eigenvalue weighted by Crippen LogP contribution is -2.68. The maximum Gasteiger partial charge on any atom is 0.187 e. The van der Waals surface area contributed by atoms with E-state index in [1.54, 1.807) is 0 Å². The molecule has 428 valence electrons. The van der Waals surface area contributed by atoms with E-state index in [1.807, 2.05) is 0 Å². The van der Waals surface area contributed by atoms with Gasteiger partial charge in [-0.3, -0.25) is 0 Å². The van der Waals surface area contributed by atoms with Crippen LogP contribution in [0, 0.1) is 0 Å². The Morgan fingerprint density at radius 2 is 0.521 bits per heavy atom. The summed E-state index contributed by atoms with van der Waals surface area (Å²) in [5, 5.41) is 202. The van der Waals surface area contributed by atoms with E-state index in [1.165, 1.54) is 0 Å². The van der Waals surface area contributed by atoms with E-state index in [9.17, 15) is 97.0 Å². The van der Waals surface area contributed by atoms with Crippen molar-refractivity contribution < 1.29 is 154 Å². The SMILES string of the molecule is NCCCCCO[C@@H]1OC(CO)[C@@H](O[C@@H]2OC(CO)[C@@H](O[C@H]3OC(CO)[C@H](O[C@H]4OC(CO)[C@@H](O[C@@H]5OC(CO)[C@@H](O[C@@H]6OC(CO)[C@@H](O)C(O)[C@@H]6O)C(O)[C@@H]5O)[C@H](O)C4O)[C@H](O)C3O)C(O)[C@@H]2O)C(O)[C@@H]1O. The van der Waals surface area contributed by atoms with Gasteiger partial charge < -0.3 is 160 Å². The van der Waals surface area contributed by atoms with Crippen LogP contribution in [-0.2, 0) is 56.8 Å². The van der Waals surface area contributed by atoms with Crippen LogP contribution in [0.15, 0.2) is 0 Å². The number of aliphatic hydroxyl groups excluding tert-OH is 19. The fraction of sp³-hybridized carbons (Fsp3) is 1.00. The van der Waals surface area contributed by atoms with E-state index < -0.39 is 224 Å². The highest BCUT2D eigenvalue weighted by Gasteiger charge is 2.57. The molecule has 6 aliphatic heterocycles. The highest BCUT2D eigenvalue weighted by atomic mass is 16.8. The molecule has 0 aromatic carbocycles. The molecule has 0 bridgehead atoms. The molecule has 6 saturated heterocycles. The largest absolute Gasteiger partial charge is 0.394 e. The van der Waals surface area contributed by atoms with Crippen LogP contribution in [0.3, 0.4) is 0 Å². The van der Waals surface area contributed by atoms with Crippen molar-refractivity contribution in [3.05, 3.63) is 0 Å². The molecule has 0 aliphatic carbocycles. The van der Waals surface area contributed by atoms with Crippen LogP contribution in [0.5, 0.6) is 0 Å². The van der Waals surface area contributed by atoms with Gasteiger partial charge in [0.1, 0.15) is 146 Å². The summed E-state index contributed by atoms with van der Waals surface area (Å²) >= 11 is 0. The Bertz CT molecular complexity index is 1610. The molecule has 0 saturated carbocycles. The Balaban J connectivity index is 1.05. The minimum Gasteiger partial charge on any atom is -0.394 e. The van der Waals surface area contributed by atoms with Crippen molar-refractivity contribution in [1.82, 2.24) is 0 Å². The number of hydrogen-bond donors (Lipinski definition) is 20. The first-order valence-corrected chi connectivity index (χ1v) is 23.8. The molecule has 73 heavy (non-hydrogen) atoms. The first-order valence-electron chi connectivity index (χ1n) is 23.8. The third-order valence-electron chi connectivity index (χ3n) is 13.5. The fourth-order valence-corrected chi connectivity index (χ4v) is 9.27. The summed E-state index contributed by atoms with van der Waals surface area (Å²) in [6, 6.07) is 0. The molecule has 6 heterocycles. The van der Waals surface area contributed by atoms with Gasteiger partial charge in [-0.15, -0.1) is 0 Å². The van der Waals surface area contributed by atoms with Gasteiger partial charge in [0, 0.05) is 6.61 Å². The quantitative estimate of drug-likeness (QED) is 0.0448. The third kappa shape index (κ3) is 13.4. The molecule has 0 aromatic heterocycles. The van der Waals surface area contributed by atoms with E-state index in [4.69, 9.17) is 62.6 Å². The maximum atomic E-state index is 11.3. The minimum atomic E-state index is -2.17. The van der Waals surface area contributed by atoms with E-state index in [0.717, 1.165) is 12.8 Å². The first kappa shape index (κ1) is 60.9. The Labute approximate surface area is 415 Å². The third-order valence-corrected chi connectivity index (χ3v) is 13.5. The van der Waals surface area contributed by atoms with Crippen LogP contribution in [-0.4, -0.2) is 334 Å². The molecule has 32 nitrogen and oxygen atoms in total. The van der Waals surface area contributed by atoms with E-state index in [2.05, 4.69) is 0 Å². The second-order valence-corrected chi connectivity index (χ2v) is 18.5. The summed E-state index contributed by atoms with van der Waals surface area (Å²) in [5.74, 6) is 0. The normalized spacial score (nSPS) is 50.0. The smallest absolute Gasteiger partial charge is 0.187 e. The number of nitrogens with two attached hydrogens (primary N) is 1. The zero-order chi connectivity index (χ0) is 53.6. The van der Waals surface area contributed by atoms with Gasteiger partial charge >= 0.3 is 0 Å². The van der Waals surface area contributed by atoms with Crippen molar-refractivity contribution in [2.75, 3.05) is 52.8 Å². The van der Waals surface area contributed by atoms with Gasteiger partial charge in [0.15, 0.2) is 37.7 Å². The molecule has 6 aliphatic rings. The molecule has 0 spiro atoms. The summed E-state index contributed by atoms with van der Waals surface area (Å²) in [6.07, 6.45) is -53.3. The lowest BCUT2D eigenvalue weighted by Gasteiger charge is -2.50. The number of aliphatic hydroxyl groups is 19. The van der Waals surface area contributed by atoms with Crippen molar-refractivity contribution in [1.29, 1.82) is 0 Å². The highest BCUT2D eigenvalue weighted by molar-refractivity contribution is 5.00. The summed E-state index contributed by atoms with van der Waals surface area (Å²) in [5.41, 5.74) is 5.49. The number of hydrogen-bond acceptors (Lipinski definition) is 32. The summed E-state index contributed by atoms with van der Waals surface area (Å²) in [6.45, 7) is -4.97. The second kappa shape index (κ2) is 27.5. The molecule has 0 radical (unpaired) electrons. The van der Waals surface area contributed by atoms with Crippen molar-refractivity contribution in [3.63, 3.8) is 0 Å². The van der Waals surface area contributed by atoms with E-state index in [-0.39, 0.29) is 6.61 Å². The fourth-order valence-electron chi connectivity index (χ4n) is 9.27. The molecule has 30 atom stereocenters. The predicted molar refractivity (Wildman–Crippen MR) is 226 cm³/mol. The van der Waals surface area contributed by atoms with Crippen molar-refractivity contribution in [3.8, 4) is 0 Å². The number of unbranched alkanes of at least 4 members (excludes halogenated alkanes) is 2. The maximum absolute atomic E-state index is 11.3. The number of rotatable bonds is 22. The van der Waals surface area contributed by atoms with Gasteiger partial charge in [-0.25, -0.2) is 0 Å². The highest BCUT2D eigenvalue weighted by Crippen LogP contribution is 2.37. The Morgan fingerprint density at radius 1 is 0.274 bits per heavy atom. The van der Waals surface area contributed by atoms with Gasteiger partial charge in [-0.1, -0.05) is 0 Å². The summed E-state index contributed by atoms with van der Waals surface area (Å²) < 4.78 is 67.2. The Hall–Kier alpha value is -1.28. The first-order chi connectivity index (χ1) is 34.8. The molecule has 6 rings (SSSR count). The minimum absolute atomic E-state index is 0.123. The number of ether oxygens (including phenoxy) is 12. The average Bonchev–Trinajstić information content (AvgIpc) is 3.38. The zero-order valence-electron chi connectivity index (χ0n) is 39.1. The van der Waals surface area contributed by atoms with Crippen LogP contribution in [0.1, 0.15) is 19.3 Å². The van der Waals surface area contributed by atoms with Crippen LogP contribution < -0.4 is 5.73 Å². The Kier molecular flexibility index (Phi) is 23.0. The van der Waals surface area contributed by atoms with Crippen LogP contribution >= 0.6 is 0 Å². The lowest BCUT2D eigenvalue weighted by molar-refractivity contribution is -0.396. The van der Waals surface area contributed by atoms with Crippen LogP contribution in [0.25, 0.3) is 0 Å². The van der Waals surface area contributed by atoms with Gasteiger partial charge in [0.2, 0.25) is 0 Å². The zero-order valence-corrected chi connectivity index (χ0v) is 39.1. The van der Waals surface area contributed by atoms with E-state index >= 15 is 0 Å². The van der Waals surface area contributed by atoms with Gasteiger partial charge in [0.25, 0.3) is 0 Å². The van der Waals surface area contributed by atoms with Crippen LogP contribution in [0.4, 0.5) is 0 Å². The van der Waals surface area contributed by atoms with Gasteiger partial charge in [0.05, 0.1) is 39.6 Å². The van der Waals surface area contributed by atoms with Gasteiger partial charge in [-0.2, -0.15) is 0 Å². The molecular formula is C41H73NO31. The average molecular weight is 1080 g/mol. The van der Waals surface area contributed by atoms with Crippen molar-refractivity contribution in [2.24, 2.45) is 5.73 Å². The topological polar surface area (TPSA) is 521 Å². The summed E-state index contributed by atoms with van der Waals surface area (Å²) in [4.78, 5) is 0. The summed E-state index contributed by atoms with van der Waals surface area (Å²) in [7, 11) is 0. The monoisotopic (exact) mass is 1080 g/mol. The molecule has 0 aromatic rings. The molecule has 0 amide bonds. The standard InChI is InChI=1S/C41H73NO31/c42-4-2-1-3-5-62-36-26(57)20(51)31(13(7-44)64-36)70-38-28(59)22(53)33(15(9-46)66-38)72-40-30(61)24(55)35(17(11-48)68-40)73-41-29(60)23(54)34(16(10-47)67-41)71-39-27(58)21(52)32(14(8-45)65-39)69-37-25(56)19(50)18(49)12(6-43)63-37/h12-41,43-61H,1-11,42H2/t12?,13?,14?,15?,16?,17?,18-,19?,20?,21?,22?,23-,24-,25+,26+,27+,28+,29?,30?,31-,32-,33-,34-,35+,36-,37+,38+,39+,40-,41-/m1/s1. The molecule has 6 fully saturated rings. The van der Waals surface area contributed by atoms with Crippen molar-refractivity contribution >= 4 is 0 Å². The Morgan fingerprint density at radius 3 is 0.795 bits per heavy atom. The van der Waals surface area contributed by atoms with Crippen molar-refractivity contribution in [2.45, 2.75) is 203 Å². The van der Waals surface area contributed by atoms with Crippen LogP contribution in [0.2, 0.25) is 0 Å². The van der Waals surface area contributed by atoms with E-state index in [0.29, 0.717) is 13.0 Å². The lowest BCUT2D eigenvalue weighted by atomic mass is 9.95. The molecule has 21 N–H and O–H groups in total. The second-order valence-electron chi connectivity index (χ2n) is 18.5. The predicted octanol–water partition coefficient (Wildman–Crippen LogP) is -12.9. The van der Waals surface area contributed by atoms with Gasteiger partial charge in [-0.05, 0) is 25.8 Å². The molecule has 32 heteroatoms. The molecule has 12 unspecified atom stereocenters.